The van der Waals surface area contributed by atoms with Gasteiger partial charge in [0.1, 0.15) is 23.6 Å². The zero-order valence-electron chi connectivity index (χ0n) is 18.1. The largest absolute Gasteiger partial charge is 0.497 e. The van der Waals surface area contributed by atoms with E-state index in [1.54, 1.807) is 36.5 Å². The molecule has 0 aliphatic heterocycles. The number of hydrogen-bond acceptors (Lipinski definition) is 7. The summed E-state index contributed by atoms with van der Waals surface area (Å²) in [6.45, 7) is 0.443. The Balaban J connectivity index is 1.39. The van der Waals surface area contributed by atoms with Crippen LogP contribution in [0.5, 0.6) is 5.75 Å². The SMILES string of the molecule is COc1ccc(F)c(CNC(=O)c2cccc(NCc3nnc(-c4ccncn4)n3C)c2)c1. The van der Waals surface area contributed by atoms with Gasteiger partial charge in [-0.05, 0) is 42.5 Å². The number of nitrogens with one attached hydrogen (secondary N) is 2. The molecular weight excluding hydrogens is 425 g/mol. The van der Waals surface area contributed by atoms with E-state index in [2.05, 4.69) is 30.8 Å². The normalized spacial score (nSPS) is 10.6. The van der Waals surface area contributed by atoms with Gasteiger partial charge in [-0.3, -0.25) is 4.79 Å². The maximum Gasteiger partial charge on any atom is 0.251 e. The number of carbonyl (C=O) groups is 1. The van der Waals surface area contributed by atoms with Crippen LogP contribution in [-0.4, -0.2) is 37.7 Å². The van der Waals surface area contributed by atoms with Crippen LogP contribution >= 0.6 is 0 Å². The van der Waals surface area contributed by atoms with Crippen LogP contribution in [0.15, 0.2) is 61.1 Å². The van der Waals surface area contributed by atoms with Crippen LogP contribution in [-0.2, 0) is 20.1 Å². The molecule has 0 bridgehead atoms. The first kappa shape index (κ1) is 21.9. The first-order valence-electron chi connectivity index (χ1n) is 10.1. The van der Waals surface area contributed by atoms with Gasteiger partial charge in [-0.1, -0.05) is 6.07 Å². The molecule has 0 aliphatic rings. The third kappa shape index (κ3) is 5.12. The minimum absolute atomic E-state index is 0.0459. The van der Waals surface area contributed by atoms with Crippen LogP contribution in [0.4, 0.5) is 10.1 Å². The van der Waals surface area contributed by atoms with E-state index < -0.39 is 5.82 Å². The van der Waals surface area contributed by atoms with E-state index in [9.17, 15) is 9.18 Å². The molecule has 4 aromatic rings. The van der Waals surface area contributed by atoms with E-state index in [-0.39, 0.29) is 12.5 Å². The fraction of sp³-hybridized carbons (Fsp3) is 0.174. The molecule has 1 amide bonds. The third-order valence-corrected chi connectivity index (χ3v) is 5.04. The van der Waals surface area contributed by atoms with Crippen molar-refractivity contribution in [3.05, 3.63) is 83.8 Å². The number of benzene rings is 2. The number of methoxy groups -OCH3 is 1. The maximum atomic E-state index is 14.0. The van der Waals surface area contributed by atoms with Crippen molar-refractivity contribution >= 4 is 11.6 Å². The van der Waals surface area contributed by atoms with Gasteiger partial charge in [-0.25, -0.2) is 14.4 Å². The van der Waals surface area contributed by atoms with Crippen LogP contribution in [0.2, 0.25) is 0 Å². The van der Waals surface area contributed by atoms with Gasteiger partial charge in [0.05, 0.1) is 13.7 Å². The Morgan fingerprint density at radius 3 is 2.79 bits per heavy atom. The predicted molar refractivity (Wildman–Crippen MR) is 120 cm³/mol. The smallest absolute Gasteiger partial charge is 0.251 e. The molecule has 0 saturated heterocycles. The van der Waals surface area contributed by atoms with Crippen molar-refractivity contribution in [2.45, 2.75) is 13.1 Å². The highest BCUT2D eigenvalue weighted by Gasteiger charge is 2.12. The van der Waals surface area contributed by atoms with Crippen molar-refractivity contribution < 1.29 is 13.9 Å². The summed E-state index contributed by atoms with van der Waals surface area (Å²) in [5.41, 5.74) is 2.21. The summed E-state index contributed by atoms with van der Waals surface area (Å²) in [4.78, 5) is 20.7. The first-order valence-corrected chi connectivity index (χ1v) is 10.1. The van der Waals surface area contributed by atoms with Gasteiger partial charge in [0.2, 0.25) is 0 Å². The Kier molecular flexibility index (Phi) is 6.53. The Morgan fingerprint density at radius 2 is 2.00 bits per heavy atom. The number of aromatic nitrogens is 5. The fourth-order valence-electron chi connectivity index (χ4n) is 3.20. The zero-order valence-corrected chi connectivity index (χ0v) is 18.1. The molecule has 0 saturated carbocycles. The van der Waals surface area contributed by atoms with E-state index in [1.807, 2.05) is 17.7 Å². The van der Waals surface area contributed by atoms with Gasteiger partial charge in [0.15, 0.2) is 11.6 Å². The highest BCUT2D eigenvalue weighted by Crippen LogP contribution is 2.18. The van der Waals surface area contributed by atoms with Crippen molar-refractivity contribution in [1.29, 1.82) is 0 Å². The number of rotatable bonds is 8. The molecule has 10 heteroatoms. The number of anilines is 1. The Morgan fingerprint density at radius 1 is 1.12 bits per heavy atom. The standard InChI is InChI=1S/C23H22FN7O2/c1-31-21(29-30-22(31)20-8-9-25-14-28-20)13-26-17-5-3-4-15(10-17)23(32)27-12-16-11-18(33-2)6-7-19(16)24/h3-11,14,26H,12-13H2,1-2H3,(H,27,32). The lowest BCUT2D eigenvalue weighted by atomic mass is 10.1. The molecule has 0 fully saturated rings. The first-order chi connectivity index (χ1) is 16.0. The predicted octanol–water partition coefficient (Wildman–Crippen LogP) is 2.96. The number of halogens is 1. The Labute approximate surface area is 189 Å². The summed E-state index contributed by atoms with van der Waals surface area (Å²) in [7, 11) is 3.36. The quantitative estimate of drug-likeness (QED) is 0.428. The lowest BCUT2D eigenvalue weighted by Gasteiger charge is -2.10. The topological polar surface area (TPSA) is 107 Å². The van der Waals surface area contributed by atoms with Gasteiger partial charge in [0.25, 0.3) is 5.91 Å². The fourth-order valence-corrected chi connectivity index (χ4v) is 3.20. The summed E-state index contributed by atoms with van der Waals surface area (Å²) < 4.78 is 20.9. The molecule has 0 radical (unpaired) electrons. The molecule has 2 heterocycles. The highest BCUT2D eigenvalue weighted by molar-refractivity contribution is 5.95. The number of carbonyl (C=O) groups excluding carboxylic acids is 1. The average Bonchev–Trinajstić information content (AvgIpc) is 3.23. The Bertz CT molecular complexity index is 1260. The molecule has 0 atom stereocenters. The minimum Gasteiger partial charge on any atom is -0.497 e. The van der Waals surface area contributed by atoms with E-state index in [0.29, 0.717) is 40.8 Å². The van der Waals surface area contributed by atoms with E-state index in [4.69, 9.17) is 4.74 Å². The van der Waals surface area contributed by atoms with Crippen LogP contribution in [0.25, 0.3) is 11.5 Å². The van der Waals surface area contributed by atoms with Crippen molar-refractivity contribution in [1.82, 2.24) is 30.0 Å². The molecule has 33 heavy (non-hydrogen) atoms. The number of nitrogens with zero attached hydrogens (tertiary/aromatic N) is 5. The highest BCUT2D eigenvalue weighted by atomic mass is 19.1. The molecule has 2 aromatic carbocycles. The summed E-state index contributed by atoms with van der Waals surface area (Å²) in [5.74, 6) is 1.14. The van der Waals surface area contributed by atoms with Gasteiger partial charge < -0.3 is 19.9 Å². The zero-order chi connectivity index (χ0) is 23.2. The third-order valence-electron chi connectivity index (χ3n) is 5.04. The second-order valence-electron chi connectivity index (χ2n) is 7.17. The van der Waals surface area contributed by atoms with Crippen molar-refractivity contribution in [3.8, 4) is 17.3 Å². The van der Waals surface area contributed by atoms with E-state index in [0.717, 1.165) is 5.69 Å². The van der Waals surface area contributed by atoms with E-state index in [1.165, 1.54) is 25.6 Å². The molecule has 0 spiro atoms. The Hall–Kier alpha value is -4.34. The molecule has 9 nitrogen and oxygen atoms in total. The van der Waals surface area contributed by atoms with Crippen LogP contribution in [0, 0.1) is 5.82 Å². The number of ether oxygens (including phenoxy) is 1. The lowest BCUT2D eigenvalue weighted by Crippen LogP contribution is -2.23. The van der Waals surface area contributed by atoms with Crippen molar-refractivity contribution in [3.63, 3.8) is 0 Å². The molecule has 0 aliphatic carbocycles. The molecule has 2 N–H and O–H groups in total. The minimum atomic E-state index is -0.406. The number of amides is 1. The number of hydrogen-bond donors (Lipinski definition) is 2. The summed E-state index contributed by atoms with van der Waals surface area (Å²) in [5, 5.41) is 14.4. The molecule has 4 rings (SSSR count). The molecular formula is C23H22FN7O2. The molecule has 0 unspecified atom stereocenters. The van der Waals surface area contributed by atoms with Gasteiger partial charge in [-0.15, -0.1) is 10.2 Å². The lowest BCUT2D eigenvalue weighted by molar-refractivity contribution is 0.0950. The van der Waals surface area contributed by atoms with Crippen LogP contribution < -0.4 is 15.4 Å². The second-order valence-corrected chi connectivity index (χ2v) is 7.17. The molecule has 2 aromatic heterocycles. The monoisotopic (exact) mass is 447 g/mol. The maximum absolute atomic E-state index is 14.0. The second kappa shape index (κ2) is 9.86. The van der Waals surface area contributed by atoms with Crippen molar-refractivity contribution in [2.75, 3.05) is 12.4 Å². The average molecular weight is 447 g/mol. The van der Waals surface area contributed by atoms with Crippen LogP contribution in [0.3, 0.4) is 0 Å². The summed E-state index contributed by atoms with van der Waals surface area (Å²) in [6, 6.07) is 13.2. The summed E-state index contributed by atoms with van der Waals surface area (Å²) >= 11 is 0. The van der Waals surface area contributed by atoms with E-state index >= 15 is 0 Å². The van der Waals surface area contributed by atoms with Gasteiger partial charge in [-0.2, -0.15) is 0 Å². The van der Waals surface area contributed by atoms with Gasteiger partial charge >= 0.3 is 0 Å². The van der Waals surface area contributed by atoms with Crippen molar-refractivity contribution in [2.24, 2.45) is 7.05 Å². The van der Waals surface area contributed by atoms with Crippen LogP contribution in [0.1, 0.15) is 21.7 Å². The molecule has 168 valence electrons. The summed E-state index contributed by atoms with van der Waals surface area (Å²) in [6.07, 6.45) is 3.11. The van der Waals surface area contributed by atoms with Gasteiger partial charge in [0, 0.05) is 36.6 Å².